The van der Waals surface area contributed by atoms with Gasteiger partial charge in [-0.15, -0.1) is 0 Å². The molecular weight excluding hydrogens is 384 g/mol. The number of H-pyrrole nitrogens is 1. The van der Waals surface area contributed by atoms with E-state index < -0.39 is 14.9 Å². The zero-order valence-electron chi connectivity index (χ0n) is 15.0. The number of hydrogen-bond acceptors (Lipinski definition) is 7. The number of rotatable bonds is 5. The number of sulfonamides is 1. The summed E-state index contributed by atoms with van der Waals surface area (Å²) in [6.07, 6.45) is 3.92. The summed E-state index contributed by atoms with van der Waals surface area (Å²) in [5.74, 6) is 0.742. The van der Waals surface area contributed by atoms with Crippen molar-refractivity contribution < 1.29 is 13.3 Å². The second-order valence-electron chi connectivity index (χ2n) is 6.60. The minimum atomic E-state index is -3.72. The van der Waals surface area contributed by atoms with E-state index in [2.05, 4.69) is 15.0 Å². The van der Waals surface area contributed by atoms with E-state index in [9.17, 15) is 18.5 Å². The molecule has 1 unspecified atom stereocenters. The number of aromatic amines is 1. The number of nitro groups is 1. The van der Waals surface area contributed by atoms with Crippen LogP contribution in [0.1, 0.15) is 6.42 Å². The molecule has 1 atom stereocenters. The maximum Gasteiger partial charge on any atom is 0.269 e. The molecule has 1 fully saturated rings. The van der Waals surface area contributed by atoms with Gasteiger partial charge in [0, 0.05) is 44.5 Å². The number of fused-ring (bicyclic) bond motifs is 1. The highest BCUT2D eigenvalue weighted by atomic mass is 32.2. The number of benzene rings is 1. The smallest absolute Gasteiger partial charge is 0.269 e. The molecule has 0 bridgehead atoms. The van der Waals surface area contributed by atoms with E-state index in [1.54, 1.807) is 6.20 Å². The number of non-ortho nitro benzene ring substituents is 1. The molecule has 0 spiro atoms. The summed E-state index contributed by atoms with van der Waals surface area (Å²) in [5, 5.41) is 11.6. The van der Waals surface area contributed by atoms with Crippen LogP contribution in [0.3, 0.4) is 0 Å². The Hall–Kier alpha value is -3.05. The third kappa shape index (κ3) is 3.08. The molecule has 1 saturated heterocycles. The van der Waals surface area contributed by atoms with Crippen LogP contribution >= 0.6 is 0 Å². The Kier molecular flexibility index (Phi) is 4.47. The average molecular weight is 402 g/mol. The Labute approximate surface area is 161 Å². The van der Waals surface area contributed by atoms with E-state index >= 15 is 0 Å². The van der Waals surface area contributed by atoms with Crippen molar-refractivity contribution >= 4 is 32.6 Å². The van der Waals surface area contributed by atoms with Gasteiger partial charge >= 0.3 is 0 Å². The lowest BCUT2D eigenvalue weighted by Gasteiger charge is -2.26. The van der Waals surface area contributed by atoms with E-state index in [0.717, 1.165) is 16.9 Å². The predicted molar refractivity (Wildman–Crippen MR) is 103 cm³/mol. The number of nitro benzene ring substituents is 1. The summed E-state index contributed by atoms with van der Waals surface area (Å²) in [4.78, 5) is 23.8. The van der Waals surface area contributed by atoms with E-state index in [1.807, 2.05) is 18.0 Å². The zero-order chi connectivity index (χ0) is 19.9. The number of hydrogen-bond donors (Lipinski definition) is 1. The molecule has 3 aromatic rings. The fourth-order valence-electron chi connectivity index (χ4n) is 3.45. The second-order valence-corrected chi connectivity index (χ2v) is 8.54. The number of likely N-dealkylation sites (N-methyl/N-ethyl adjacent to an activating group) is 1. The van der Waals surface area contributed by atoms with Crippen LogP contribution in [0.4, 0.5) is 11.5 Å². The summed E-state index contributed by atoms with van der Waals surface area (Å²) >= 11 is 0. The fourth-order valence-corrected chi connectivity index (χ4v) is 4.94. The number of nitrogens with zero attached hydrogens (tertiary/aromatic N) is 5. The first-order valence-electron chi connectivity index (χ1n) is 8.63. The van der Waals surface area contributed by atoms with Crippen molar-refractivity contribution in [3.05, 3.63) is 53.0 Å². The highest BCUT2D eigenvalue weighted by Gasteiger charge is 2.35. The van der Waals surface area contributed by atoms with E-state index in [4.69, 9.17) is 0 Å². The predicted octanol–water partition coefficient (Wildman–Crippen LogP) is 1.77. The van der Waals surface area contributed by atoms with Gasteiger partial charge in [0.05, 0.1) is 15.2 Å². The van der Waals surface area contributed by atoms with Gasteiger partial charge < -0.3 is 9.88 Å². The van der Waals surface area contributed by atoms with Crippen LogP contribution in [0.15, 0.2) is 47.8 Å². The highest BCUT2D eigenvalue weighted by molar-refractivity contribution is 7.89. The molecule has 1 aliphatic rings. The van der Waals surface area contributed by atoms with Crippen molar-refractivity contribution in [2.75, 3.05) is 25.0 Å². The third-order valence-electron chi connectivity index (χ3n) is 5.03. The number of aromatic nitrogens is 3. The average Bonchev–Trinajstić information content (AvgIpc) is 3.37. The zero-order valence-corrected chi connectivity index (χ0v) is 15.8. The van der Waals surface area contributed by atoms with Gasteiger partial charge in [-0.3, -0.25) is 10.1 Å². The first-order valence-corrected chi connectivity index (χ1v) is 10.1. The van der Waals surface area contributed by atoms with Crippen LogP contribution in [-0.4, -0.2) is 58.8 Å². The summed E-state index contributed by atoms with van der Waals surface area (Å²) < 4.78 is 27.2. The molecule has 1 aliphatic heterocycles. The minimum absolute atomic E-state index is 0.0409. The van der Waals surface area contributed by atoms with Gasteiger partial charge in [0.1, 0.15) is 17.8 Å². The largest absolute Gasteiger partial charge is 0.355 e. The summed E-state index contributed by atoms with van der Waals surface area (Å²) in [6.45, 7) is 0.682. The Balaban J connectivity index is 1.54. The molecule has 2 aromatic heterocycles. The lowest BCUT2D eigenvalue weighted by Crippen LogP contribution is -2.37. The van der Waals surface area contributed by atoms with Crippen LogP contribution in [0.2, 0.25) is 0 Å². The van der Waals surface area contributed by atoms with Crippen LogP contribution in [0.25, 0.3) is 11.0 Å². The lowest BCUT2D eigenvalue weighted by atomic mass is 10.2. The van der Waals surface area contributed by atoms with Crippen LogP contribution < -0.4 is 4.90 Å². The fraction of sp³-hybridized carbons (Fsp3) is 0.294. The molecule has 0 aliphatic carbocycles. The summed E-state index contributed by atoms with van der Waals surface area (Å²) in [6, 6.07) is 6.81. The van der Waals surface area contributed by atoms with Crippen molar-refractivity contribution in [1.82, 2.24) is 19.3 Å². The van der Waals surface area contributed by atoms with Gasteiger partial charge in [-0.2, -0.15) is 4.31 Å². The first kappa shape index (κ1) is 18.3. The molecule has 146 valence electrons. The third-order valence-corrected chi connectivity index (χ3v) is 6.91. The molecule has 0 saturated carbocycles. The van der Waals surface area contributed by atoms with Gasteiger partial charge in [0.15, 0.2) is 0 Å². The summed E-state index contributed by atoms with van der Waals surface area (Å²) in [5.41, 5.74) is 0.586. The quantitative estimate of drug-likeness (QED) is 0.509. The second kappa shape index (κ2) is 6.84. The normalized spacial score (nSPS) is 17.8. The van der Waals surface area contributed by atoms with Crippen molar-refractivity contribution in [2.45, 2.75) is 17.4 Å². The Morgan fingerprint density at radius 3 is 2.71 bits per heavy atom. The Morgan fingerprint density at radius 1 is 1.25 bits per heavy atom. The molecule has 1 N–H and O–H groups in total. The molecule has 11 heteroatoms. The molecule has 0 radical (unpaired) electrons. The van der Waals surface area contributed by atoms with Crippen LogP contribution in [-0.2, 0) is 10.0 Å². The van der Waals surface area contributed by atoms with Crippen molar-refractivity contribution in [1.29, 1.82) is 0 Å². The lowest BCUT2D eigenvalue weighted by molar-refractivity contribution is -0.384. The first-order chi connectivity index (χ1) is 13.4. The topological polar surface area (TPSA) is 125 Å². The summed E-state index contributed by atoms with van der Waals surface area (Å²) in [7, 11) is -1.83. The highest BCUT2D eigenvalue weighted by Crippen LogP contribution is 2.29. The monoisotopic (exact) mass is 402 g/mol. The Morgan fingerprint density at radius 2 is 2.00 bits per heavy atom. The minimum Gasteiger partial charge on any atom is -0.355 e. The van der Waals surface area contributed by atoms with Gasteiger partial charge in [0.25, 0.3) is 5.69 Å². The van der Waals surface area contributed by atoms with Gasteiger partial charge in [-0.1, -0.05) is 0 Å². The van der Waals surface area contributed by atoms with E-state index in [1.165, 1.54) is 34.9 Å². The Bertz CT molecular complexity index is 1130. The van der Waals surface area contributed by atoms with Crippen LogP contribution in [0.5, 0.6) is 0 Å². The molecule has 4 rings (SSSR count). The molecule has 28 heavy (non-hydrogen) atoms. The maximum atomic E-state index is 12.9. The van der Waals surface area contributed by atoms with Gasteiger partial charge in [-0.05, 0) is 24.6 Å². The standard InChI is InChI=1S/C17H18N6O4S/c1-21(17-15-6-8-18-16(15)19-11-20-17)13-7-9-22(10-13)28(26,27)14-4-2-12(3-5-14)23(24)25/h2-6,8,11,13H,7,9-10H2,1H3,(H,18,19,20). The molecule has 3 heterocycles. The van der Waals surface area contributed by atoms with Crippen molar-refractivity contribution in [2.24, 2.45) is 0 Å². The van der Waals surface area contributed by atoms with E-state index in [0.29, 0.717) is 19.5 Å². The number of nitrogens with one attached hydrogen (secondary N) is 1. The maximum absolute atomic E-state index is 12.9. The van der Waals surface area contributed by atoms with Crippen LogP contribution in [0, 0.1) is 10.1 Å². The van der Waals surface area contributed by atoms with E-state index in [-0.39, 0.29) is 16.6 Å². The van der Waals surface area contributed by atoms with Gasteiger partial charge in [-0.25, -0.2) is 18.4 Å². The molecule has 1 aromatic carbocycles. The SMILES string of the molecule is CN(c1ncnc2[nH]ccc12)C1CCN(S(=O)(=O)c2ccc([N+](=O)[O-])cc2)C1. The van der Waals surface area contributed by atoms with Crippen molar-refractivity contribution in [3.63, 3.8) is 0 Å². The molecule has 10 nitrogen and oxygen atoms in total. The number of anilines is 1. The van der Waals surface area contributed by atoms with Crippen molar-refractivity contribution in [3.8, 4) is 0 Å². The molecular formula is C17H18N6O4S. The van der Waals surface area contributed by atoms with Gasteiger partial charge in [0.2, 0.25) is 10.0 Å². The molecule has 0 amide bonds.